The Morgan fingerprint density at radius 3 is 2.17 bits per heavy atom. The van der Waals surface area contributed by atoms with Crippen molar-refractivity contribution in [2.45, 2.75) is 60.8 Å². The number of aliphatic hydroxyl groups is 1. The van der Waals surface area contributed by atoms with Crippen LogP contribution in [0, 0.1) is 0 Å². The van der Waals surface area contributed by atoms with Gasteiger partial charge in [-0.2, -0.15) is 0 Å². The van der Waals surface area contributed by atoms with E-state index in [-0.39, 0.29) is 42.1 Å². The third-order valence-corrected chi connectivity index (χ3v) is 13.5. The van der Waals surface area contributed by atoms with Crippen LogP contribution in [-0.2, 0) is 37.4 Å². The minimum absolute atomic E-state index is 0.0558. The molecule has 3 aliphatic rings. The summed E-state index contributed by atoms with van der Waals surface area (Å²) < 4.78 is 43.6. The fourth-order valence-corrected chi connectivity index (χ4v) is 10.1. The van der Waals surface area contributed by atoms with Crippen LogP contribution < -0.4 is 14.9 Å². The molecule has 0 radical (unpaired) electrons. The van der Waals surface area contributed by atoms with Crippen LogP contribution in [0.15, 0.2) is 151 Å². The lowest BCUT2D eigenvalue weighted by atomic mass is 9.82. The van der Waals surface area contributed by atoms with Crippen LogP contribution in [0.25, 0.3) is 10.9 Å². The third kappa shape index (κ3) is 7.87. The van der Waals surface area contributed by atoms with Gasteiger partial charge in [-0.15, -0.1) is 0 Å². The summed E-state index contributed by atoms with van der Waals surface area (Å²) in [6.07, 6.45) is 1.56. The van der Waals surface area contributed by atoms with Crippen molar-refractivity contribution in [1.82, 2.24) is 19.9 Å². The van der Waals surface area contributed by atoms with Crippen LogP contribution in [0.4, 0.5) is 5.69 Å². The topological polar surface area (TPSA) is 133 Å². The second kappa shape index (κ2) is 16.6. The van der Waals surface area contributed by atoms with Gasteiger partial charge < -0.3 is 29.7 Å². The smallest absolute Gasteiger partial charge is 0.247 e. The maximum absolute atomic E-state index is 13.5. The van der Waals surface area contributed by atoms with Gasteiger partial charge in [0.25, 0.3) is 0 Å². The number of rotatable bonds is 11. The molecule has 3 fully saturated rings. The van der Waals surface area contributed by atoms with Crippen molar-refractivity contribution in [3.05, 3.63) is 174 Å². The predicted molar refractivity (Wildman–Crippen MR) is 226 cm³/mol. The van der Waals surface area contributed by atoms with E-state index >= 15 is 0 Å². The maximum atomic E-state index is 13.5. The zero-order chi connectivity index (χ0) is 40.4. The number of nitrogens with one attached hydrogen (secondary N) is 2. The van der Waals surface area contributed by atoms with Crippen LogP contribution in [0.2, 0.25) is 0 Å². The van der Waals surface area contributed by atoms with E-state index in [9.17, 15) is 18.3 Å². The Balaban J connectivity index is 0.974. The number of pyridine rings is 1. The largest absolute Gasteiger partial charge is 0.392 e. The molecule has 6 aromatic rings. The first-order valence-corrected chi connectivity index (χ1v) is 21.6. The van der Waals surface area contributed by atoms with Gasteiger partial charge in [-0.05, 0) is 59.4 Å². The van der Waals surface area contributed by atoms with E-state index in [4.69, 9.17) is 9.47 Å². The minimum Gasteiger partial charge on any atom is -0.392 e. The Morgan fingerprint density at radius 2 is 1.44 bits per heavy atom. The second-order valence-corrected chi connectivity index (χ2v) is 17.3. The van der Waals surface area contributed by atoms with Crippen LogP contribution in [0.5, 0.6) is 0 Å². The molecule has 3 N–H and O–H groups in total. The number of nitrogens with zero attached hydrogens (tertiary/aromatic N) is 3. The number of piperidine rings is 1. The lowest BCUT2D eigenvalue weighted by Crippen LogP contribution is -2.57. The Hall–Kier alpha value is -5.47. The number of benzene rings is 5. The number of likely N-dealkylation sites (tertiary alicyclic amines) is 1. The van der Waals surface area contributed by atoms with Crippen LogP contribution in [0.3, 0.4) is 0 Å². The van der Waals surface area contributed by atoms with Gasteiger partial charge in [-0.25, -0.2) is 13.1 Å². The molecule has 3 aliphatic heterocycles. The van der Waals surface area contributed by atoms with Crippen molar-refractivity contribution in [2.75, 3.05) is 31.2 Å². The number of hydrogen-bond acceptors (Lipinski definition) is 9. The molecule has 5 aromatic carbocycles. The number of carbonyl (C=O) groups is 1. The molecule has 11 nitrogen and oxygen atoms in total. The highest BCUT2D eigenvalue weighted by Gasteiger charge is 2.51. The summed E-state index contributed by atoms with van der Waals surface area (Å²) in [4.78, 5) is 22.6. The number of hydrogen-bond donors (Lipinski definition) is 3. The van der Waals surface area contributed by atoms with Crippen LogP contribution >= 0.6 is 0 Å². The number of aliphatic hydroxyl groups excluding tert-OH is 1. The number of aromatic nitrogens is 1. The van der Waals surface area contributed by atoms with Gasteiger partial charge in [-0.1, -0.05) is 115 Å². The average molecular weight is 810 g/mol. The molecule has 4 unspecified atom stereocenters. The summed E-state index contributed by atoms with van der Waals surface area (Å²) in [5.74, 6) is -0.0881. The average Bonchev–Trinajstić information content (AvgIpc) is 3.60. The molecule has 12 heteroatoms. The number of para-hydroxylation sites is 2. The number of fused-ring (bicyclic) bond motifs is 1. The Kier molecular flexibility index (Phi) is 11.0. The van der Waals surface area contributed by atoms with E-state index in [0.29, 0.717) is 31.6 Å². The van der Waals surface area contributed by atoms with Crippen molar-refractivity contribution in [2.24, 2.45) is 0 Å². The zero-order valence-electron chi connectivity index (χ0n) is 32.6. The van der Waals surface area contributed by atoms with Crippen molar-refractivity contribution < 1.29 is 27.8 Å². The molecule has 1 aromatic heterocycles. The van der Waals surface area contributed by atoms with Gasteiger partial charge >= 0.3 is 0 Å². The van der Waals surface area contributed by atoms with Gasteiger partial charge in [-0.3, -0.25) is 9.78 Å². The molecule has 1 spiro atoms. The van der Waals surface area contributed by atoms with Crippen LogP contribution in [0.1, 0.15) is 59.0 Å². The lowest BCUT2D eigenvalue weighted by molar-refractivity contribution is -0.264. The predicted octanol–water partition coefficient (Wildman–Crippen LogP) is 6.57. The summed E-state index contributed by atoms with van der Waals surface area (Å²) in [6.45, 7) is 2.59. The number of carbonyl (C=O) groups excluding carboxylic acids is 1. The maximum Gasteiger partial charge on any atom is 0.247 e. The highest BCUT2D eigenvalue weighted by molar-refractivity contribution is 7.89. The third-order valence-electron chi connectivity index (χ3n) is 12.1. The van der Waals surface area contributed by atoms with Gasteiger partial charge in [0.05, 0.1) is 31.0 Å². The molecule has 0 bridgehead atoms. The highest BCUT2D eigenvalue weighted by Crippen LogP contribution is 2.47. The van der Waals surface area contributed by atoms with Gasteiger partial charge in [0.1, 0.15) is 10.4 Å². The molecule has 302 valence electrons. The zero-order valence-corrected chi connectivity index (χ0v) is 33.4. The Morgan fingerprint density at radius 1 is 0.763 bits per heavy atom. The van der Waals surface area contributed by atoms with E-state index in [0.717, 1.165) is 52.0 Å². The molecule has 4 atom stereocenters. The quantitative estimate of drug-likeness (QED) is 0.133. The first-order valence-electron chi connectivity index (χ1n) is 20.1. The van der Waals surface area contributed by atoms with Gasteiger partial charge in [0.15, 0.2) is 6.29 Å². The summed E-state index contributed by atoms with van der Waals surface area (Å²) >= 11 is 0. The summed E-state index contributed by atoms with van der Waals surface area (Å²) in [7, 11) is -3.85. The van der Waals surface area contributed by atoms with Crippen molar-refractivity contribution in [3.63, 3.8) is 0 Å². The number of ether oxygens (including phenoxy) is 2. The minimum atomic E-state index is -3.85. The molecule has 1 amide bonds. The lowest BCUT2D eigenvalue weighted by Gasteiger charge is -2.47. The van der Waals surface area contributed by atoms with E-state index in [2.05, 4.69) is 49.1 Å². The van der Waals surface area contributed by atoms with Crippen molar-refractivity contribution in [1.29, 1.82) is 0 Å². The van der Waals surface area contributed by atoms with Gasteiger partial charge in [0.2, 0.25) is 15.9 Å². The molecule has 0 aliphatic carbocycles. The first-order chi connectivity index (χ1) is 28.8. The molecular formula is C47H47N5O6S. The van der Waals surface area contributed by atoms with Crippen LogP contribution in [-0.4, -0.2) is 67.3 Å². The monoisotopic (exact) mass is 809 g/mol. The fraction of sp³-hybridized carbons (Fsp3) is 0.277. The molecule has 9 rings (SSSR count). The molecule has 0 saturated carbocycles. The standard InChI is InChI=1S/C47H47N5O6S/c53-31-34-18-20-37(21-19-34)44-42(35-9-3-1-4-10-35)40(30-51-27-24-47(25-28-51)46(54)49-32-52(47)39-13-5-2-6-14-39)57-45(58-44)38-22-16-33(17-23-38)29-50-59(55,56)41-15-7-11-36-12-8-26-48-43(36)41/h1-23,26,40,42,44-45,50,53H,24-25,27-32H2,(H,49,54). The molecule has 3 saturated heterocycles. The van der Waals surface area contributed by atoms with Crippen molar-refractivity contribution >= 4 is 32.5 Å². The number of anilines is 1. The molecule has 59 heavy (non-hydrogen) atoms. The Bertz CT molecular complexity index is 2490. The molecular weight excluding hydrogens is 763 g/mol. The van der Waals surface area contributed by atoms with E-state index in [1.54, 1.807) is 24.4 Å². The summed E-state index contributed by atoms with van der Waals surface area (Å²) in [5, 5.41) is 13.7. The Labute approximate surface area is 344 Å². The highest BCUT2D eigenvalue weighted by atomic mass is 32.2. The number of amides is 1. The fourth-order valence-electron chi connectivity index (χ4n) is 8.90. The second-order valence-electron chi connectivity index (χ2n) is 15.6. The molecule has 4 heterocycles. The normalized spacial score (nSPS) is 22.1. The SMILES string of the molecule is O=C1NCN(c2ccccc2)C12CCN(CC1OC(c3ccc(CNS(=O)(=O)c4cccc5cccnc45)cc3)OC(c3ccc(CO)cc3)C1c1ccccc1)CC2. The van der Waals surface area contributed by atoms with E-state index in [1.807, 2.05) is 97.1 Å². The van der Waals surface area contributed by atoms with E-state index in [1.165, 1.54) is 0 Å². The summed E-state index contributed by atoms with van der Waals surface area (Å²) in [6, 6.07) is 44.8. The number of sulfonamides is 1. The first kappa shape index (κ1) is 39.0. The van der Waals surface area contributed by atoms with Crippen molar-refractivity contribution in [3.8, 4) is 0 Å². The summed E-state index contributed by atoms with van der Waals surface area (Å²) in [5.41, 5.74) is 5.33. The van der Waals surface area contributed by atoms with Gasteiger partial charge in [0, 0.05) is 54.9 Å². The van der Waals surface area contributed by atoms with E-state index < -0.39 is 21.9 Å².